The van der Waals surface area contributed by atoms with Gasteiger partial charge in [-0.1, -0.05) is 0 Å². The zero-order valence-corrected chi connectivity index (χ0v) is 14.3. The Labute approximate surface area is 158 Å². The van der Waals surface area contributed by atoms with Crippen molar-refractivity contribution < 1.29 is 20.4 Å². The van der Waals surface area contributed by atoms with Crippen LogP contribution in [0.5, 0.6) is 0 Å². The lowest BCUT2D eigenvalue weighted by atomic mass is 10.1. The molecule has 132 valence electrons. The monoisotopic (exact) mass is 416 g/mol. The Morgan fingerprint density at radius 1 is 1.32 bits per heavy atom. The number of ether oxygens (including phenoxy) is 1. The number of hydrogen-bond donors (Lipinski definition) is 0. The molecule has 0 spiro atoms. The minimum atomic E-state index is -2.94. The second-order valence-electron chi connectivity index (χ2n) is 5.02. The van der Waals surface area contributed by atoms with Crippen LogP contribution in [0.2, 0.25) is 0 Å². The van der Waals surface area contributed by atoms with Gasteiger partial charge in [0, 0.05) is 42.2 Å². The molecule has 0 saturated heterocycles. The third-order valence-electron chi connectivity index (χ3n) is 3.51. The van der Waals surface area contributed by atoms with Crippen molar-refractivity contribution in [2.75, 3.05) is 13.6 Å². The fourth-order valence-corrected chi connectivity index (χ4v) is 2.61. The SMILES string of the molecule is [2H]C([2H])([2H])OC([2H])([2H])CC(c1ccc(Br)cn1)n1cc(-c2ccnn2C(F)F)cn1. The number of rotatable bonds is 7. The van der Waals surface area contributed by atoms with Gasteiger partial charge in [0.1, 0.15) is 0 Å². The molecule has 0 aromatic carbocycles. The quantitative estimate of drug-likeness (QED) is 0.585. The van der Waals surface area contributed by atoms with Gasteiger partial charge in [0.25, 0.3) is 0 Å². The van der Waals surface area contributed by atoms with Crippen LogP contribution in [0.15, 0.2) is 47.5 Å². The maximum atomic E-state index is 13.1. The van der Waals surface area contributed by atoms with E-state index in [2.05, 4.69) is 35.8 Å². The zero-order valence-electron chi connectivity index (χ0n) is 17.7. The van der Waals surface area contributed by atoms with Crippen LogP contribution in [0.3, 0.4) is 0 Å². The first-order chi connectivity index (χ1) is 14.0. The molecule has 0 amide bonds. The van der Waals surface area contributed by atoms with Crippen molar-refractivity contribution >= 4 is 15.9 Å². The van der Waals surface area contributed by atoms with E-state index in [1.54, 1.807) is 12.1 Å². The van der Waals surface area contributed by atoms with Crippen LogP contribution < -0.4 is 0 Å². The summed E-state index contributed by atoms with van der Waals surface area (Å²) < 4.78 is 70.9. The summed E-state index contributed by atoms with van der Waals surface area (Å²) in [5.74, 6) is 0. The third kappa shape index (κ3) is 3.93. The molecule has 0 bridgehead atoms. The summed E-state index contributed by atoms with van der Waals surface area (Å²) in [6, 6.07) is 3.83. The van der Waals surface area contributed by atoms with Gasteiger partial charge in [-0.15, -0.1) is 0 Å². The molecule has 3 rings (SSSR count). The van der Waals surface area contributed by atoms with Crippen LogP contribution in [0.25, 0.3) is 11.3 Å². The Hall–Kier alpha value is -2.13. The van der Waals surface area contributed by atoms with E-state index in [0.717, 1.165) is 0 Å². The minimum Gasteiger partial charge on any atom is -0.385 e. The Kier molecular flexibility index (Phi) is 3.84. The van der Waals surface area contributed by atoms with Crippen molar-refractivity contribution in [2.24, 2.45) is 0 Å². The van der Waals surface area contributed by atoms with E-state index in [0.29, 0.717) is 20.4 Å². The van der Waals surface area contributed by atoms with Crippen LogP contribution in [0.4, 0.5) is 8.78 Å². The molecule has 25 heavy (non-hydrogen) atoms. The van der Waals surface area contributed by atoms with Crippen molar-refractivity contribution in [3.63, 3.8) is 0 Å². The van der Waals surface area contributed by atoms with Crippen molar-refractivity contribution in [2.45, 2.75) is 19.0 Å². The molecule has 6 nitrogen and oxygen atoms in total. The Morgan fingerprint density at radius 3 is 2.92 bits per heavy atom. The lowest BCUT2D eigenvalue weighted by molar-refractivity contribution is 0.0585. The highest BCUT2D eigenvalue weighted by atomic mass is 79.9. The molecular formula is C16H16BrF2N5O. The van der Waals surface area contributed by atoms with E-state index in [4.69, 9.17) is 6.85 Å². The molecule has 0 radical (unpaired) electrons. The third-order valence-corrected chi connectivity index (χ3v) is 3.98. The lowest BCUT2D eigenvalue weighted by Gasteiger charge is -2.17. The fourth-order valence-electron chi connectivity index (χ4n) is 2.38. The van der Waals surface area contributed by atoms with Crippen LogP contribution in [-0.2, 0) is 4.74 Å². The lowest BCUT2D eigenvalue weighted by Crippen LogP contribution is -2.15. The van der Waals surface area contributed by atoms with Crippen molar-refractivity contribution in [3.05, 3.63) is 53.2 Å². The predicted octanol–water partition coefficient (Wildman–Crippen LogP) is 3.93. The van der Waals surface area contributed by atoms with Crippen molar-refractivity contribution in [1.82, 2.24) is 24.5 Å². The smallest absolute Gasteiger partial charge is 0.333 e. The minimum absolute atomic E-state index is 0.125. The largest absolute Gasteiger partial charge is 0.385 e. The van der Waals surface area contributed by atoms with Crippen molar-refractivity contribution in [3.8, 4) is 11.3 Å². The molecule has 1 atom stereocenters. The summed E-state index contributed by atoms with van der Waals surface area (Å²) in [7, 11) is -2.94. The van der Waals surface area contributed by atoms with Crippen LogP contribution in [-0.4, -0.2) is 38.1 Å². The standard InChI is InChI=1S/C16H16BrF2N5O/c1-25-7-5-15(13-3-2-12(17)9-20-13)23-10-11(8-22-23)14-4-6-21-24(14)16(18)19/h2-4,6,8-10,15-16H,5,7H2,1H3/i1D3,7D2. The topological polar surface area (TPSA) is 57.8 Å². The molecular weight excluding hydrogens is 396 g/mol. The van der Waals surface area contributed by atoms with Crippen LogP contribution in [0.1, 0.15) is 31.6 Å². The van der Waals surface area contributed by atoms with E-state index in [-0.39, 0.29) is 5.69 Å². The highest BCUT2D eigenvalue weighted by molar-refractivity contribution is 9.10. The number of alkyl halides is 2. The van der Waals surface area contributed by atoms with E-state index >= 15 is 0 Å². The normalized spacial score (nSPS) is 16.7. The first-order valence-corrected chi connectivity index (χ1v) is 7.92. The fraction of sp³-hybridized carbons (Fsp3) is 0.312. The highest BCUT2D eigenvalue weighted by Crippen LogP contribution is 2.27. The van der Waals surface area contributed by atoms with E-state index in [1.165, 1.54) is 35.5 Å². The molecule has 0 aliphatic heterocycles. The molecule has 3 aromatic rings. The van der Waals surface area contributed by atoms with Gasteiger partial charge in [0.05, 0.1) is 30.5 Å². The number of aromatic nitrogens is 5. The van der Waals surface area contributed by atoms with Gasteiger partial charge in [0.15, 0.2) is 0 Å². The Morgan fingerprint density at radius 2 is 2.20 bits per heavy atom. The molecule has 1 unspecified atom stereocenters. The first-order valence-electron chi connectivity index (χ1n) is 9.63. The second kappa shape index (κ2) is 7.83. The van der Waals surface area contributed by atoms with Gasteiger partial charge < -0.3 is 4.74 Å². The van der Waals surface area contributed by atoms with Gasteiger partial charge in [-0.3, -0.25) is 9.67 Å². The molecule has 0 fully saturated rings. The Balaban J connectivity index is 1.98. The molecule has 0 aliphatic carbocycles. The number of nitrogens with zero attached hydrogens (tertiary/aromatic N) is 5. The number of hydrogen-bond acceptors (Lipinski definition) is 4. The highest BCUT2D eigenvalue weighted by Gasteiger charge is 2.19. The summed E-state index contributed by atoms with van der Waals surface area (Å²) in [5, 5.41) is 7.75. The van der Waals surface area contributed by atoms with Gasteiger partial charge in [-0.25, -0.2) is 4.68 Å². The maximum Gasteiger partial charge on any atom is 0.333 e. The van der Waals surface area contributed by atoms with Crippen molar-refractivity contribution in [1.29, 1.82) is 0 Å². The zero-order chi connectivity index (χ0) is 22.1. The predicted molar refractivity (Wildman–Crippen MR) is 91.3 cm³/mol. The maximum absolute atomic E-state index is 13.1. The molecule has 0 N–H and O–H groups in total. The van der Waals surface area contributed by atoms with Crippen LogP contribution in [0, 0.1) is 0 Å². The summed E-state index contributed by atoms with van der Waals surface area (Å²) in [4.78, 5) is 4.25. The van der Waals surface area contributed by atoms with E-state index in [1.807, 2.05) is 0 Å². The van der Waals surface area contributed by atoms with Crippen LogP contribution >= 0.6 is 15.9 Å². The van der Waals surface area contributed by atoms with E-state index in [9.17, 15) is 8.78 Å². The van der Waals surface area contributed by atoms with Gasteiger partial charge in [-0.2, -0.15) is 19.0 Å². The Bertz CT molecular complexity index is 993. The summed E-state index contributed by atoms with van der Waals surface area (Å²) >= 11 is 3.26. The molecule has 0 aliphatic rings. The van der Waals surface area contributed by atoms with Gasteiger partial charge in [-0.05, 0) is 40.5 Å². The summed E-state index contributed by atoms with van der Waals surface area (Å²) in [5.41, 5.74) is 0.834. The average molecular weight is 417 g/mol. The average Bonchev–Trinajstić information content (AvgIpc) is 3.27. The first kappa shape index (κ1) is 12.3. The summed E-state index contributed by atoms with van der Waals surface area (Å²) in [6.45, 7) is -5.38. The number of halogens is 3. The molecule has 3 heterocycles. The van der Waals surface area contributed by atoms with Gasteiger partial charge in [0.2, 0.25) is 0 Å². The molecule has 0 saturated carbocycles. The number of pyridine rings is 1. The molecule has 9 heteroatoms. The number of methoxy groups -OCH3 is 1. The van der Waals surface area contributed by atoms with E-state index < -0.39 is 32.6 Å². The second-order valence-corrected chi connectivity index (χ2v) is 5.93. The summed E-state index contributed by atoms with van der Waals surface area (Å²) in [6.07, 6.45) is 5.07. The van der Waals surface area contributed by atoms with Gasteiger partial charge >= 0.3 is 6.55 Å². The molecule has 3 aromatic heterocycles.